The lowest BCUT2D eigenvalue weighted by Crippen LogP contribution is -2.00. The van der Waals surface area contributed by atoms with Gasteiger partial charge in [-0.15, -0.1) is 0 Å². The van der Waals surface area contributed by atoms with E-state index in [1.807, 2.05) is 0 Å². The van der Waals surface area contributed by atoms with Gasteiger partial charge < -0.3 is 4.74 Å². The molecule has 0 fully saturated rings. The SMILES string of the molecule is COc1ccc(S(=O)(=O)C=N)cc1. The van der Waals surface area contributed by atoms with Crippen molar-refractivity contribution in [3.63, 3.8) is 0 Å². The van der Waals surface area contributed by atoms with Crippen LogP contribution in [-0.4, -0.2) is 21.1 Å². The Labute approximate surface area is 76.6 Å². The van der Waals surface area contributed by atoms with Gasteiger partial charge in [0, 0.05) is 0 Å². The number of methoxy groups -OCH3 is 1. The van der Waals surface area contributed by atoms with E-state index >= 15 is 0 Å². The van der Waals surface area contributed by atoms with Crippen LogP contribution in [-0.2, 0) is 9.84 Å². The smallest absolute Gasteiger partial charge is 0.216 e. The Morgan fingerprint density at radius 1 is 1.31 bits per heavy atom. The number of ether oxygens (including phenoxy) is 1. The van der Waals surface area contributed by atoms with Crippen molar-refractivity contribution in [2.24, 2.45) is 0 Å². The summed E-state index contributed by atoms with van der Waals surface area (Å²) in [6, 6.07) is 5.88. The number of sulfone groups is 1. The molecule has 1 rings (SSSR count). The maximum atomic E-state index is 11.1. The Morgan fingerprint density at radius 3 is 2.23 bits per heavy atom. The van der Waals surface area contributed by atoms with E-state index in [0.717, 1.165) is 0 Å². The topological polar surface area (TPSA) is 67.2 Å². The van der Waals surface area contributed by atoms with Gasteiger partial charge >= 0.3 is 0 Å². The van der Waals surface area contributed by atoms with E-state index < -0.39 is 9.84 Å². The van der Waals surface area contributed by atoms with Crippen molar-refractivity contribution in [2.75, 3.05) is 7.11 Å². The Hall–Kier alpha value is -1.36. The molecule has 0 radical (unpaired) electrons. The predicted octanol–water partition coefficient (Wildman–Crippen LogP) is 1.08. The number of rotatable bonds is 3. The van der Waals surface area contributed by atoms with E-state index in [4.69, 9.17) is 10.1 Å². The molecule has 0 aromatic heterocycles. The molecule has 1 aromatic rings. The van der Waals surface area contributed by atoms with Gasteiger partial charge in [0.05, 0.1) is 12.0 Å². The fourth-order valence-corrected chi connectivity index (χ4v) is 1.48. The second kappa shape index (κ2) is 3.57. The van der Waals surface area contributed by atoms with Crippen LogP contribution in [0.1, 0.15) is 0 Å². The normalized spacial score (nSPS) is 10.8. The van der Waals surface area contributed by atoms with E-state index in [1.54, 1.807) is 0 Å². The highest BCUT2D eigenvalue weighted by Gasteiger charge is 2.09. The third kappa shape index (κ3) is 2.06. The molecule has 5 heteroatoms. The van der Waals surface area contributed by atoms with Crippen LogP contribution in [0, 0.1) is 5.41 Å². The molecule has 0 aliphatic heterocycles. The Bertz CT molecular complexity index is 394. The summed E-state index contributed by atoms with van der Waals surface area (Å²) in [6.45, 7) is 0. The number of nitrogens with one attached hydrogen (secondary N) is 1. The molecule has 4 nitrogen and oxygen atoms in total. The number of hydrogen-bond donors (Lipinski definition) is 1. The number of benzene rings is 1. The summed E-state index contributed by atoms with van der Waals surface area (Å²) in [5.41, 5.74) is 0.425. The average molecular weight is 199 g/mol. The lowest BCUT2D eigenvalue weighted by molar-refractivity contribution is 0.414. The predicted molar refractivity (Wildman–Crippen MR) is 49.0 cm³/mol. The van der Waals surface area contributed by atoms with Crippen LogP contribution in [0.5, 0.6) is 5.75 Å². The molecule has 0 atom stereocenters. The maximum Gasteiger partial charge on any atom is 0.216 e. The molecule has 13 heavy (non-hydrogen) atoms. The van der Waals surface area contributed by atoms with Crippen molar-refractivity contribution in [2.45, 2.75) is 4.90 Å². The molecule has 0 heterocycles. The van der Waals surface area contributed by atoms with Crippen LogP contribution < -0.4 is 4.74 Å². The second-order valence-electron chi connectivity index (χ2n) is 2.34. The van der Waals surface area contributed by atoms with Gasteiger partial charge in [-0.05, 0) is 24.3 Å². The van der Waals surface area contributed by atoms with Crippen molar-refractivity contribution in [3.8, 4) is 5.75 Å². The van der Waals surface area contributed by atoms with E-state index in [9.17, 15) is 8.42 Å². The van der Waals surface area contributed by atoms with E-state index in [1.165, 1.54) is 31.4 Å². The van der Waals surface area contributed by atoms with Gasteiger partial charge in [-0.3, -0.25) is 5.41 Å². The zero-order valence-electron chi connectivity index (χ0n) is 7.02. The fraction of sp³-hybridized carbons (Fsp3) is 0.125. The minimum absolute atomic E-state index is 0.100. The van der Waals surface area contributed by atoms with Gasteiger partial charge in [-0.25, -0.2) is 8.42 Å². The largest absolute Gasteiger partial charge is 0.497 e. The highest BCUT2D eigenvalue weighted by Crippen LogP contribution is 2.15. The van der Waals surface area contributed by atoms with Crippen LogP contribution >= 0.6 is 0 Å². The Balaban J connectivity index is 3.13. The first-order valence-electron chi connectivity index (χ1n) is 3.50. The van der Waals surface area contributed by atoms with E-state index in [0.29, 0.717) is 11.3 Å². The van der Waals surface area contributed by atoms with Crippen molar-refractivity contribution >= 4 is 15.4 Å². The van der Waals surface area contributed by atoms with E-state index in [-0.39, 0.29) is 4.90 Å². The molecule has 1 aromatic carbocycles. The zero-order valence-corrected chi connectivity index (χ0v) is 7.84. The van der Waals surface area contributed by atoms with Gasteiger partial charge in [0.2, 0.25) is 9.84 Å². The number of hydrogen-bond acceptors (Lipinski definition) is 4. The molecule has 0 unspecified atom stereocenters. The third-order valence-corrected chi connectivity index (χ3v) is 2.78. The van der Waals surface area contributed by atoms with Gasteiger partial charge in [0.1, 0.15) is 11.3 Å². The van der Waals surface area contributed by atoms with Gasteiger partial charge in [-0.1, -0.05) is 0 Å². The highest BCUT2D eigenvalue weighted by molar-refractivity contribution is 8.04. The van der Waals surface area contributed by atoms with Crippen molar-refractivity contribution in [1.29, 1.82) is 5.41 Å². The monoisotopic (exact) mass is 199 g/mol. The molecule has 1 N–H and O–H groups in total. The quantitative estimate of drug-likeness (QED) is 0.585. The minimum Gasteiger partial charge on any atom is -0.497 e. The summed E-state index contributed by atoms with van der Waals surface area (Å²) in [7, 11) is -2.04. The average Bonchev–Trinajstić information content (AvgIpc) is 2.18. The molecule has 0 bridgehead atoms. The molecule has 0 amide bonds. The van der Waals surface area contributed by atoms with E-state index in [2.05, 4.69) is 0 Å². The first kappa shape index (κ1) is 9.73. The first-order valence-corrected chi connectivity index (χ1v) is 5.04. The van der Waals surface area contributed by atoms with Gasteiger partial charge in [0.25, 0.3) is 0 Å². The molecule has 0 spiro atoms. The molecule has 0 aliphatic carbocycles. The molecule has 70 valence electrons. The maximum absolute atomic E-state index is 11.1. The standard InChI is InChI=1S/C8H9NO3S/c1-12-7-2-4-8(5-3-7)13(10,11)6-9/h2-6,9H,1H3. The van der Waals surface area contributed by atoms with Crippen LogP contribution in [0.3, 0.4) is 0 Å². The molecule has 0 saturated carbocycles. The summed E-state index contributed by atoms with van der Waals surface area (Å²) in [5.74, 6) is 0.587. The molecule has 0 saturated heterocycles. The van der Waals surface area contributed by atoms with Crippen molar-refractivity contribution in [3.05, 3.63) is 24.3 Å². The van der Waals surface area contributed by atoms with Crippen LogP contribution in [0.2, 0.25) is 0 Å². The summed E-state index contributed by atoms with van der Waals surface area (Å²) in [6.07, 6.45) is 0. The molecular weight excluding hydrogens is 190 g/mol. The van der Waals surface area contributed by atoms with Gasteiger partial charge in [0.15, 0.2) is 0 Å². The van der Waals surface area contributed by atoms with Crippen LogP contribution in [0.15, 0.2) is 29.2 Å². The molecular formula is C8H9NO3S. The third-order valence-electron chi connectivity index (χ3n) is 1.54. The molecule has 0 aliphatic rings. The summed E-state index contributed by atoms with van der Waals surface area (Å²) in [5, 5.41) is 6.70. The van der Waals surface area contributed by atoms with Gasteiger partial charge in [-0.2, -0.15) is 0 Å². The fourth-order valence-electron chi connectivity index (χ4n) is 0.833. The summed E-state index contributed by atoms with van der Waals surface area (Å²) < 4.78 is 27.1. The van der Waals surface area contributed by atoms with Crippen LogP contribution in [0.25, 0.3) is 0 Å². The Kier molecular flexibility index (Phi) is 2.67. The lowest BCUT2D eigenvalue weighted by atomic mass is 10.3. The summed E-state index contributed by atoms with van der Waals surface area (Å²) in [4.78, 5) is 0.100. The minimum atomic E-state index is -3.54. The Morgan fingerprint density at radius 2 is 1.85 bits per heavy atom. The van der Waals surface area contributed by atoms with Crippen molar-refractivity contribution in [1.82, 2.24) is 0 Å². The zero-order chi connectivity index (χ0) is 9.90. The lowest BCUT2D eigenvalue weighted by Gasteiger charge is -2.00. The van der Waals surface area contributed by atoms with Crippen LogP contribution in [0.4, 0.5) is 0 Å². The first-order chi connectivity index (χ1) is 6.10. The van der Waals surface area contributed by atoms with Crippen molar-refractivity contribution < 1.29 is 13.2 Å². The highest BCUT2D eigenvalue weighted by atomic mass is 32.2. The second-order valence-corrected chi connectivity index (χ2v) is 4.14. The summed E-state index contributed by atoms with van der Waals surface area (Å²) >= 11 is 0.